The number of pyridine rings is 1. The molecule has 0 aliphatic heterocycles. The number of halogens is 1. The van der Waals surface area contributed by atoms with E-state index < -0.39 is 5.82 Å². The fourth-order valence-electron chi connectivity index (χ4n) is 3.99. The molecule has 1 aliphatic rings. The van der Waals surface area contributed by atoms with Crippen LogP contribution in [0.15, 0.2) is 49.1 Å². The van der Waals surface area contributed by atoms with Gasteiger partial charge < -0.3 is 24.5 Å². The molecular weight excluding hydrogens is 423 g/mol. The molecule has 7 nitrogen and oxygen atoms in total. The number of carbonyl (C=O) groups excluding carboxylic acids is 1. The molecule has 174 valence electrons. The summed E-state index contributed by atoms with van der Waals surface area (Å²) in [4.78, 5) is 18.2. The highest BCUT2D eigenvalue weighted by Gasteiger charge is 2.32. The number of aromatic nitrogens is 2. The summed E-state index contributed by atoms with van der Waals surface area (Å²) in [5, 5.41) is 12.8. The zero-order chi connectivity index (χ0) is 23.5. The van der Waals surface area contributed by atoms with Gasteiger partial charge >= 0.3 is 0 Å². The van der Waals surface area contributed by atoms with Gasteiger partial charge in [0.25, 0.3) is 0 Å². The van der Waals surface area contributed by atoms with Crippen molar-refractivity contribution in [2.24, 2.45) is 0 Å². The van der Waals surface area contributed by atoms with Crippen molar-refractivity contribution in [1.82, 2.24) is 19.6 Å². The van der Waals surface area contributed by atoms with E-state index in [1.807, 2.05) is 48.7 Å². The molecule has 2 heterocycles. The summed E-state index contributed by atoms with van der Waals surface area (Å²) in [6.07, 6.45) is 10.7. The Morgan fingerprint density at radius 2 is 2.15 bits per heavy atom. The topological polar surface area (TPSA) is 79.1 Å². The molecule has 0 radical (unpaired) electrons. The van der Waals surface area contributed by atoms with Crippen molar-refractivity contribution in [1.29, 1.82) is 0 Å². The van der Waals surface area contributed by atoms with Crippen LogP contribution in [0.2, 0.25) is 0 Å². The minimum atomic E-state index is -0.660. The summed E-state index contributed by atoms with van der Waals surface area (Å²) >= 11 is 0. The number of aryl methyl sites for hydroxylation is 1. The normalized spacial score (nSPS) is 18.1. The van der Waals surface area contributed by atoms with Crippen LogP contribution in [-0.2, 0) is 11.2 Å². The van der Waals surface area contributed by atoms with Crippen molar-refractivity contribution >= 4 is 11.4 Å². The second-order valence-corrected chi connectivity index (χ2v) is 8.67. The predicted octanol–water partition coefficient (Wildman–Crippen LogP) is 3.55. The van der Waals surface area contributed by atoms with E-state index in [9.17, 15) is 14.3 Å². The number of nitrogens with zero attached hydrogens (tertiary/aromatic N) is 3. The van der Waals surface area contributed by atoms with Crippen molar-refractivity contribution in [2.75, 3.05) is 20.6 Å². The molecule has 0 saturated heterocycles. The third kappa shape index (κ3) is 5.17. The molecule has 0 bridgehead atoms. The minimum absolute atomic E-state index is 0.0304. The van der Waals surface area contributed by atoms with Crippen LogP contribution in [0.5, 0.6) is 11.5 Å². The molecule has 0 unspecified atom stereocenters. The van der Waals surface area contributed by atoms with Crippen LogP contribution in [0, 0.1) is 5.82 Å². The average Bonchev–Trinajstić information content (AvgIpc) is 3.22. The van der Waals surface area contributed by atoms with Crippen LogP contribution in [0.25, 0.3) is 16.6 Å². The molecule has 0 spiro atoms. The van der Waals surface area contributed by atoms with Crippen LogP contribution in [-0.4, -0.2) is 58.1 Å². The Balaban J connectivity index is 1.48. The van der Waals surface area contributed by atoms with Gasteiger partial charge in [-0.15, -0.1) is 0 Å². The molecule has 2 N–H and O–H groups in total. The van der Waals surface area contributed by atoms with Gasteiger partial charge in [-0.3, -0.25) is 4.79 Å². The lowest BCUT2D eigenvalue weighted by molar-refractivity contribution is -0.118. The first kappa shape index (κ1) is 22.8. The highest BCUT2D eigenvalue weighted by molar-refractivity contribution is 5.87. The lowest BCUT2D eigenvalue weighted by Gasteiger charge is -2.35. The Bertz CT molecular complexity index is 1180. The first-order valence-corrected chi connectivity index (χ1v) is 11.1. The van der Waals surface area contributed by atoms with E-state index in [2.05, 4.69) is 10.3 Å². The van der Waals surface area contributed by atoms with Crippen molar-refractivity contribution in [3.63, 3.8) is 0 Å². The molecule has 1 aromatic carbocycles. The maximum Gasteiger partial charge on any atom is 0.243 e. The van der Waals surface area contributed by atoms with Crippen molar-refractivity contribution in [3.8, 4) is 22.6 Å². The SMILES string of the molecule is CCc1cc(O)c(F)cc1-c1cc(O[C@H]2C[C@H](NC(=O)/C=C/CN(C)C)C2)c2cncn2c1. The average molecular weight is 453 g/mol. The molecule has 8 heteroatoms. The summed E-state index contributed by atoms with van der Waals surface area (Å²) in [5.41, 5.74) is 3.14. The summed E-state index contributed by atoms with van der Waals surface area (Å²) < 4.78 is 22.2. The molecule has 0 atom stereocenters. The lowest BCUT2D eigenvalue weighted by atomic mass is 9.89. The van der Waals surface area contributed by atoms with Gasteiger partial charge in [-0.25, -0.2) is 9.37 Å². The standard InChI is InChI=1S/C25H29FN4O3/c1-4-16-8-23(31)21(26)12-20(16)17-9-24(22-13-27-15-30(22)14-17)33-19-10-18(11-19)28-25(32)6-5-7-29(2)3/h5-6,8-9,12-15,18-19,31H,4,7,10-11H2,1-3H3,(H,28,32)/b6-5+/t18-,19-. The van der Waals surface area contributed by atoms with Gasteiger partial charge in [0, 0.05) is 43.3 Å². The summed E-state index contributed by atoms with van der Waals surface area (Å²) in [5.74, 6) is -0.453. The van der Waals surface area contributed by atoms with Gasteiger partial charge in [-0.2, -0.15) is 0 Å². The lowest BCUT2D eigenvalue weighted by Crippen LogP contribution is -2.48. The maximum absolute atomic E-state index is 14.1. The molecule has 1 fully saturated rings. The van der Waals surface area contributed by atoms with Gasteiger partial charge in [0.05, 0.1) is 12.5 Å². The van der Waals surface area contributed by atoms with Crippen molar-refractivity contribution in [3.05, 3.63) is 60.5 Å². The number of fused-ring (bicyclic) bond motifs is 1. The van der Waals surface area contributed by atoms with Gasteiger partial charge in [-0.1, -0.05) is 13.0 Å². The van der Waals surface area contributed by atoms with Gasteiger partial charge in [-0.05, 0) is 49.8 Å². The van der Waals surface area contributed by atoms with E-state index in [0.717, 1.165) is 16.6 Å². The molecule has 2 aromatic heterocycles. The van der Waals surface area contributed by atoms with E-state index in [4.69, 9.17) is 4.74 Å². The third-order valence-corrected chi connectivity index (χ3v) is 5.82. The van der Waals surface area contributed by atoms with Crippen LogP contribution in [0.3, 0.4) is 0 Å². The number of phenols is 1. The van der Waals surface area contributed by atoms with Crippen molar-refractivity contribution in [2.45, 2.75) is 38.3 Å². The van der Waals surface area contributed by atoms with Crippen LogP contribution in [0.4, 0.5) is 4.39 Å². The first-order valence-electron chi connectivity index (χ1n) is 11.1. The molecule has 33 heavy (non-hydrogen) atoms. The van der Waals surface area contributed by atoms with E-state index in [-0.39, 0.29) is 23.8 Å². The monoisotopic (exact) mass is 452 g/mol. The zero-order valence-electron chi connectivity index (χ0n) is 19.1. The molecule has 1 amide bonds. The number of aromatic hydroxyl groups is 1. The van der Waals surface area contributed by atoms with E-state index in [1.165, 1.54) is 12.1 Å². The fourth-order valence-corrected chi connectivity index (χ4v) is 3.99. The highest BCUT2D eigenvalue weighted by Crippen LogP contribution is 2.35. The first-order chi connectivity index (χ1) is 15.8. The summed E-state index contributed by atoms with van der Waals surface area (Å²) in [6.45, 7) is 2.67. The third-order valence-electron chi connectivity index (χ3n) is 5.82. The number of hydrogen-bond acceptors (Lipinski definition) is 5. The second kappa shape index (κ2) is 9.62. The van der Waals surface area contributed by atoms with Crippen LogP contribution >= 0.6 is 0 Å². The Kier molecular flexibility index (Phi) is 6.65. The van der Waals surface area contributed by atoms with Gasteiger partial charge in [0.1, 0.15) is 17.4 Å². The Morgan fingerprint density at radius 3 is 2.88 bits per heavy atom. The number of amides is 1. The number of nitrogens with one attached hydrogen (secondary N) is 1. The number of phenolic OH excluding ortho intramolecular Hbond substituents is 1. The second-order valence-electron chi connectivity index (χ2n) is 8.67. The molecular formula is C25H29FN4O3. The Morgan fingerprint density at radius 1 is 1.36 bits per heavy atom. The van der Waals surface area contributed by atoms with Crippen molar-refractivity contribution < 1.29 is 19.0 Å². The number of ether oxygens (including phenoxy) is 1. The largest absolute Gasteiger partial charge is 0.505 e. The van der Waals surface area contributed by atoms with E-state index >= 15 is 0 Å². The smallest absolute Gasteiger partial charge is 0.243 e. The number of likely N-dealkylation sites (N-methyl/N-ethyl adjacent to an activating group) is 1. The zero-order valence-corrected chi connectivity index (χ0v) is 19.1. The van der Waals surface area contributed by atoms with Gasteiger partial charge in [0.15, 0.2) is 11.6 Å². The Labute approximate surface area is 192 Å². The maximum atomic E-state index is 14.1. The quantitative estimate of drug-likeness (QED) is 0.511. The number of imidazole rings is 1. The van der Waals surface area contributed by atoms with E-state index in [0.29, 0.717) is 37.1 Å². The Hall–Kier alpha value is -3.39. The summed E-state index contributed by atoms with van der Waals surface area (Å²) in [6, 6.07) is 4.79. The predicted molar refractivity (Wildman–Crippen MR) is 125 cm³/mol. The number of carbonyl (C=O) groups is 1. The summed E-state index contributed by atoms with van der Waals surface area (Å²) in [7, 11) is 3.90. The molecule has 4 rings (SSSR count). The van der Waals surface area contributed by atoms with Crippen LogP contribution < -0.4 is 10.1 Å². The molecule has 3 aromatic rings. The minimum Gasteiger partial charge on any atom is -0.505 e. The highest BCUT2D eigenvalue weighted by atomic mass is 19.1. The van der Waals surface area contributed by atoms with Crippen LogP contribution in [0.1, 0.15) is 25.3 Å². The van der Waals surface area contributed by atoms with Gasteiger partial charge in [0.2, 0.25) is 5.91 Å². The number of rotatable bonds is 8. The fraction of sp³-hybridized carbons (Fsp3) is 0.360. The molecule has 1 aliphatic carbocycles. The molecule has 1 saturated carbocycles. The number of hydrogen-bond donors (Lipinski definition) is 2. The number of benzene rings is 1. The van der Waals surface area contributed by atoms with E-state index in [1.54, 1.807) is 18.6 Å².